The molecule has 0 amide bonds. The molecule has 2 nitrogen and oxygen atoms in total. The van der Waals surface area contributed by atoms with Crippen LogP contribution in [-0.4, -0.2) is 29.6 Å². The molecule has 1 saturated carbocycles. The van der Waals surface area contributed by atoms with Crippen LogP contribution in [0.4, 0.5) is 0 Å². The molecule has 1 saturated heterocycles. The molecule has 0 radical (unpaired) electrons. The molecule has 1 aliphatic carbocycles. The molecule has 2 heteroatoms. The van der Waals surface area contributed by atoms with Crippen molar-refractivity contribution in [1.29, 1.82) is 0 Å². The summed E-state index contributed by atoms with van der Waals surface area (Å²) < 4.78 is 0. The summed E-state index contributed by atoms with van der Waals surface area (Å²) in [7, 11) is 0. The minimum Gasteiger partial charge on any atom is -0.311 e. The van der Waals surface area contributed by atoms with Gasteiger partial charge in [0.25, 0.3) is 0 Å². The summed E-state index contributed by atoms with van der Waals surface area (Å²) in [4.78, 5) is 2.73. The van der Waals surface area contributed by atoms with E-state index in [9.17, 15) is 0 Å². The van der Waals surface area contributed by atoms with Crippen molar-refractivity contribution in [2.45, 2.75) is 65.1 Å². The predicted octanol–water partition coefficient (Wildman–Crippen LogP) is 3.66. The number of piperazine rings is 1. The van der Waals surface area contributed by atoms with Crippen LogP contribution < -0.4 is 5.32 Å². The number of hydrogen-bond acceptors (Lipinski definition) is 2. The second-order valence-corrected chi connectivity index (χ2v) is 7.47. The van der Waals surface area contributed by atoms with Gasteiger partial charge in [-0.1, -0.05) is 25.1 Å². The van der Waals surface area contributed by atoms with Gasteiger partial charge < -0.3 is 5.32 Å². The fourth-order valence-electron chi connectivity index (χ4n) is 3.53. The maximum Gasteiger partial charge on any atom is 0.0307 e. The summed E-state index contributed by atoms with van der Waals surface area (Å²) in [6, 6.07) is 7.68. The molecule has 116 valence electrons. The first-order valence-corrected chi connectivity index (χ1v) is 8.56. The lowest BCUT2D eigenvalue weighted by Crippen LogP contribution is -2.63. The lowest BCUT2D eigenvalue weighted by Gasteiger charge is -2.48. The fourth-order valence-corrected chi connectivity index (χ4v) is 3.53. The van der Waals surface area contributed by atoms with Crippen LogP contribution in [0.25, 0.3) is 0 Å². The van der Waals surface area contributed by atoms with Gasteiger partial charge in [0.05, 0.1) is 0 Å². The van der Waals surface area contributed by atoms with Gasteiger partial charge in [-0.2, -0.15) is 0 Å². The van der Waals surface area contributed by atoms with E-state index < -0.39 is 0 Å². The van der Waals surface area contributed by atoms with E-state index in [-0.39, 0.29) is 0 Å². The Balaban J connectivity index is 1.76. The molecule has 1 N–H and O–H groups in total. The lowest BCUT2D eigenvalue weighted by atomic mass is 9.90. The SMILES string of the molecule is CCC1(C)CNC(C2CC2)CN1Cc1ccc(C)c(C)c1. The van der Waals surface area contributed by atoms with Crippen LogP contribution in [0.5, 0.6) is 0 Å². The molecule has 0 aromatic heterocycles. The van der Waals surface area contributed by atoms with Crippen molar-refractivity contribution in [2.24, 2.45) is 5.92 Å². The largest absolute Gasteiger partial charge is 0.311 e. The molecule has 1 aromatic carbocycles. The minimum atomic E-state index is 0.296. The van der Waals surface area contributed by atoms with Gasteiger partial charge in [-0.15, -0.1) is 0 Å². The zero-order valence-electron chi connectivity index (χ0n) is 14.1. The highest BCUT2D eigenvalue weighted by atomic mass is 15.3. The standard InChI is InChI=1S/C19H30N2/c1-5-19(4)13-20-18(17-8-9-17)12-21(19)11-16-7-6-14(2)15(3)10-16/h6-7,10,17-18,20H,5,8-9,11-13H2,1-4H3. The molecule has 1 aliphatic heterocycles. The van der Waals surface area contributed by atoms with Crippen molar-refractivity contribution in [2.75, 3.05) is 13.1 Å². The first-order valence-electron chi connectivity index (χ1n) is 8.56. The Kier molecular flexibility index (Phi) is 4.11. The van der Waals surface area contributed by atoms with Gasteiger partial charge in [0.2, 0.25) is 0 Å². The van der Waals surface area contributed by atoms with E-state index in [2.05, 4.69) is 56.1 Å². The highest BCUT2D eigenvalue weighted by Crippen LogP contribution is 2.36. The Morgan fingerprint density at radius 1 is 1.24 bits per heavy atom. The summed E-state index contributed by atoms with van der Waals surface area (Å²) in [6.07, 6.45) is 4.07. The van der Waals surface area contributed by atoms with Crippen LogP contribution in [0.15, 0.2) is 18.2 Å². The summed E-state index contributed by atoms with van der Waals surface area (Å²) >= 11 is 0. The smallest absolute Gasteiger partial charge is 0.0307 e. The number of rotatable bonds is 4. The van der Waals surface area contributed by atoms with E-state index in [1.54, 1.807) is 0 Å². The summed E-state index contributed by atoms with van der Waals surface area (Å²) in [5.41, 5.74) is 4.58. The quantitative estimate of drug-likeness (QED) is 0.909. The third-order valence-electron chi connectivity index (χ3n) is 5.82. The van der Waals surface area contributed by atoms with E-state index in [1.165, 1.54) is 42.5 Å². The first kappa shape index (κ1) is 15.1. The Morgan fingerprint density at radius 2 is 2.00 bits per heavy atom. The van der Waals surface area contributed by atoms with Crippen molar-refractivity contribution in [3.63, 3.8) is 0 Å². The highest BCUT2D eigenvalue weighted by Gasteiger charge is 2.41. The normalized spacial score (nSPS) is 30.6. The molecule has 0 spiro atoms. The van der Waals surface area contributed by atoms with Crippen LogP contribution in [0, 0.1) is 19.8 Å². The van der Waals surface area contributed by atoms with Crippen molar-refractivity contribution in [3.05, 3.63) is 34.9 Å². The zero-order chi connectivity index (χ0) is 15.0. The van der Waals surface area contributed by atoms with Crippen LogP contribution in [-0.2, 0) is 6.54 Å². The molecule has 0 bridgehead atoms. The third-order valence-corrected chi connectivity index (χ3v) is 5.82. The van der Waals surface area contributed by atoms with Gasteiger partial charge in [-0.05, 0) is 62.6 Å². The fraction of sp³-hybridized carbons (Fsp3) is 0.684. The molecule has 3 rings (SSSR count). The minimum absolute atomic E-state index is 0.296. The number of hydrogen-bond donors (Lipinski definition) is 1. The van der Waals surface area contributed by atoms with E-state index in [0.29, 0.717) is 5.54 Å². The molecule has 1 heterocycles. The summed E-state index contributed by atoms with van der Waals surface area (Å²) in [6.45, 7) is 12.6. The topological polar surface area (TPSA) is 15.3 Å². The van der Waals surface area contributed by atoms with Gasteiger partial charge >= 0.3 is 0 Å². The lowest BCUT2D eigenvalue weighted by molar-refractivity contribution is 0.0369. The van der Waals surface area contributed by atoms with Crippen LogP contribution >= 0.6 is 0 Å². The van der Waals surface area contributed by atoms with E-state index in [1.807, 2.05) is 0 Å². The molecular formula is C19H30N2. The number of aryl methyl sites for hydroxylation is 2. The van der Waals surface area contributed by atoms with Crippen molar-refractivity contribution in [3.8, 4) is 0 Å². The van der Waals surface area contributed by atoms with Crippen LogP contribution in [0.3, 0.4) is 0 Å². The van der Waals surface area contributed by atoms with E-state index in [0.717, 1.165) is 25.0 Å². The zero-order valence-corrected chi connectivity index (χ0v) is 14.1. The summed E-state index contributed by atoms with van der Waals surface area (Å²) in [5.74, 6) is 0.939. The Hall–Kier alpha value is -0.860. The van der Waals surface area contributed by atoms with Crippen molar-refractivity contribution < 1.29 is 0 Å². The summed E-state index contributed by atoms with van der Waals surface area (Å²) in [5, 5.41) is 3.82. The van der Waals surface area contributed by atoms with Gasteiger partial charge in [-0.25, -0.2) is 0 Å². The number of nitrogens with one attached hydrogen (secondary N) is 1. The first-order chi connectivity index (χ1) is 10.0. The molecule has 2 fully saturated rings. The molecular weight excluding hydrogens is 256 g/mol. The molecule has 21 heavy (non-hydrogen) atoms. The average molecular weight is 286 g/mol. The second kappa shape index (κ2) is 5.73. The predicted molar refractivity (Wildman–Crippen MR) is 89.5 cm³/mol. The maximum absolute atomic E-state index is 3.82. The monoisotopic (exact) mass is 286 g/mol. The van der Waals surface area contributed by atoms with E-state index in [4.69, 9.17) is 0 Å². The van der Waals surface area contributed by atoms with Crippen molar-refractivity contribution >= 4 is 0 Å². The Labute approximate surface area is 129 Å². The van der Waals surface area contributed by atoms with Gasteiger partial charge in [0, 0.05) is 31.2 Å². The van der Waals surface area contributed by atoms with Crippen molar-refractivity contribution in [1.82, 2.24) is 10.2 Å². The average Bonchev–Trinajstić information content (AvgIpc) is 3.30. The van der Waals surface area contributed by atoms with Crippen LogP contribution in [0.2, 0.25) is 0 Å². The van der Waals surface area contributed by atoms with E-state index >= 15 is 0 Å². The second-order valence-electron chi connectivity index (χ2n) is 7.47. The number of nitrogens with zero attached hydrogens (tertiary/aromatic N) is 1. The molecule has 2 atom stereocenters. The van der Waals surface area contributed by atoms with Gasteiger partial charge in [0.1, 0.15) is 0 Å². The third kappa shape index (κ3) is 3.17. The van der Waals surface area contributed by atoms with Crippen LogP contribution in [0.1, 0.15) is 49.8 Å². The van der Waals surface area contributed by atoms with Gasteiger partial charge in [-0.3, -0.25) is 4.90 Å². The highest BCUT2D eigenvalue weighted by molar-refractivity contribution is 5.30. The Bertz CT molecular complexity index is 506. The van der Waals surface area contributed by atoms with Gasteiger partial charge in [0.15, 0.2) is 0 Å². The Morgan fingerprint density at radius 3 is 2.62 bits per heavy atom. The molecule has 2 aliphatic rings. The maximum atomic E-state index is 3.82. The number of benzene rings is 1. The molecule has 2 unspecified atom stereocenters. The molecule has 1 aromatic rings.